The highest BCUT2D eigenvalue weighted by Gasteiger charge is 2.47. The number of aromatic nitrogens is 2. The summed E-state index contributed by atoms with van der Waals surface area (Å²) in [4.78, 5) is 32.6. The quantitative estimate of drug-likeness (QED) is 0.238. The maximum atomic E-state index is 14.9. The Morgan fingerprint density at radius 2 is 1.76 bits per heavy atom. The largest absolute Gasteiger partial charge is 0.467 e. The van der Waals surface area contributed by atoms with Crippen LogP contribution in [0, 0.1) is 5.82 Å². The fourth-order valence-electron chi connectivity index (χ4n) is 9.08. The van der Waals surface area contributed by atoms with Crippen molar-refractivity contribution >= 4 is 40.0 Å². The molecule has 274 valence electrons. The van der Waals surface area contributed by atoms with Crippen molar-refractivity contribution in [2.45, 2.75) is 95.5 Å². The first kappa shape index (κ1) is 34.5. The molecule has 5 aliphatic rings. The zero-order valence-electron chi connectivity index (χ0n) is 30.1. The highest BCUT2D eigenvalue weighted by molar-refractivity contribution is 6.37. The van der Waals surface area contributed by atoms with Crippen LogP contribution < -0.4 is 19.3 Å². The summed E-state index contributed by atoms with van der Waals surface area (Å²) in [5, 5.41) is 1.49. The molecule has 4 saturated heterocycles. The molecule has 2 aromatic carbocycles. The summed E-state index contributed by atoms with van der Waals surface area (Å²) in [6, 6.07) is 7.32. The fraction of sp³-hybridized carbons (Fsp3) is 0.605. The second kappa shape index (κ2) is 13.4. The Kier molecular flexibility index (Phi) is 9.07. The van der Waals surface area contributed by atoms with Crippen molar-refractivity contribution in [3.8, 4) is 11.8 Å². The number of anilines is 2. The molecule has 8 rings (SSSR count). The normalized spacial score (nSPS) is 22.7. The summed E-state index contributed by atoms with van der Waals surface area (Å²) in [5.41, 5.74) is 2.22. The van der Waals surface area contributed by atoms with Crippen LogP contribution in [-0.2, 0) is 22.4 Å². The minimum absolute atomic E-state index is 0.0383. The SMILES string of the molecule is COCOc1cc(N2CCc3c(nc(OCC45CCCN4CCC5)nc3N3C[C@H]4CC[C@@H](C3)N4C(=O)OC(C)(C)C)C2)c2c(Cl)c(F)ccc2c1. The zero-order chi connectivity index (χ0) is 35.5. The number of halogens is 2. The number of carbonyl (C=O) groups excluding carboxylic acids is 1. The number of carbonyl (C=O) groups is 1. The molecule has 0 spiro atoms. The topological polar surface area (TPSA) is 92.7 Å². The van der Waals surface area contributed by atoms with Gasteiger partial charge in [0.25, 0.3) is 0 Å². The summed E-state index contributed by atoms with van der Waals surface area (Å²) in [5.74, 6) is 1.02. The molecule has 0 saturated carbocycles. The summed E-state index contributed by atoms with van der Waals surface area (Å²) in [6.45, 7) is 11.0. The highest BCUT2D eigenvalue weighted by atomic mass is 35.5. The molecule has 6 heterocycles. The third-order valence-corrected chi connectivity index (χ3v) is 11.7. The second-order valence-corrected chi connectivity index (χ2v) is 16.1. The third-order valence-electron chi connectivity index (χ3n) is 11.3. The van der Waals surface area contributed by atoms with Crippen molar-refractivity contribution in [3.63, 3.8) is 0 Å². The highest BCUT2D eigenvalue weighted by Crippen LogP contribution is 2.43. The van der Waals surface area contributed by atoms with E-state index in [1.807, 2.05) is 37.8 Å². The predicted molar refractivity (Wildman–Crippen MR) is 194 cm³/mol. The van der Waals surface area contributed by atoms with E-state index in [1.165, 1.54) is 18.9 Å². The van der Waals surface area contributed by atoms with Crippen molar-refractivity contribution in [2.75, 3.05) is 63.0 Å². The molecule has 1 amide bonds. The molecule has 5 aliphatic heterocycles. The van der Waals surface area contributed by atoms with Crippen LogP contribution in [0.1, 0.15) is 70.6 Å². The first-order valence-electron chi connectivity index (χ1n) is 18.3. The van der Waals surface area contributed by atoms with Gasteiger partial charge in [0.05, 0.1) is 40.6 Å². The van der Waals surface area contributed by atoms with Crippen LogP contribution in [-0.4, -0.2) is 102 Å². The molecule has 1 aromatic heterocycles. The monoisotopic (exact) mass is 722 g/mol. The van der Waals surface area contributed by atoms with Crippen LogP contribution in [0.2, 0.25) is 5.02 Å². The van der Waals surface area contributed by atoms with Crippen molar-refractivity contribution in [1.29, 1.82) is 0 Å². The van der Waals surface area contributed by atoms with Gasteiger partial charge in [0.15, 0.2) is 6.79 Å². The minimum Gasteiger partial charge on any atom is -0.467 e. The number of hydrogen-bond acceptors (Lipinski definition) is 10. The van der Waals surface area contributed by atoms with Crippen LogP contribution in [0.5, 0.6) is 11.8 Å². The predicted octanol–water partition coefficient (Wildman–Crippen LogP) is 6.56. The smallest absolute Gasteiger partial charge is 0.410 e. The van der Waals surface area contributed by atoms with Gasteiger partial charge in [-0.3, -0.25) is 9.80 Å². The number of ether oxygens (including phenoxy) is 4. The lowest BCUT2D eigenvalue weighted by atomic mass is 9.95. The number of benzene rings is 2. The van der Waals surface area contributed by atoms with Gasteiger partial charge >= 0.3 is 12.1 Å². The first-order chi connectivity index (χ1) is 24.5. The summed E-state index contributed by atoms with van der Waals surface area (Å²) in [7, 11) is 1.58. The van der Waals surface area contributed by atoms with Gasteiger partial charge < -0.3 is 28.7 Å². The van der Waals surface area contributed by atoms with E-state index >= 15 is 0 Å². The minimum atomic E-state index is -0.554. The van der Waals surface area contributed by atoms with E-state index in [1.54, 1.807) is 13.2 Å². The van der Waals surface area contributed by atoms with Crippen LogP contribution in [0.25, 0.3) is 10.8 Å². The molecule has 0 radical (unpaired) electrons. The molecule has 13 heteroatoms. The molecule has 51 heavy (non-hydrogen) atoms. The standard InChI is InChI=1S/C38H48ClFN6O5/c1-37(2,3)51-36(47)46-25-8-9-26(46)20-44(19-25)34-28-11-16-43(31-18-27(50-23-48-4)17-24-7-10-29(40)33(39)32(24)31)21-30(28)41-35(42-34)49-22-38-12-5-14-45(38)15-6-13-38/h7,10,17-18,25-26H,5-6,8-9,11-16,19-23H2,1-4H3/t25-,26+. The second-order valence-electron chi connectivity index (χ2n) is 15.8. The van der Waals surface area contributed by atoms with E-state index in [4.69, 9.17) is 40.5 Å². The lowest BCUT2D eigenvalue weighted by molar-refractivity contribution is 0.0122. The number of rotatable bonds is 8. The van der Waals surface area contributed by atoms with Gasteiger partial charge in [0, 0.05) is 43.8 Å². The molecule has 0 unspecified atom stereocenters. The third kappa shape index (κ3) is 6.52. The fourth-order valence-corrected chi connectivity index (χ4v) is 9.35. The molecule has 2 atom stereocenters. The number of amides is 1. The lowest BCUT2D eigenvalue weighted by Gasteiger charge is -2.43. The summed E-state index contributed by atoms with van der Waals surface area (Å²) in [6.07, 6.45) is 6.90. The van der Waals surface area contributed by atoms with Crippen molar-refractivity contribution in [2.24, 2.45) is 0 Å². The van der Waals surface area contributed by atoms with Gasteiger partial charge in [-0.25, -0.2) is 9.18 Å². The van der Waals surface area contributed by atoms with Gasteiger partial charge in [-0.2, -0.15) is 9.97 Å². The number of nitrogens with zero attached hydrogens (tertiary/aromatic N) is 6. The average Bonchev–Trinajstić information content (AvgIpc) is 3.77. The molecular formula is C38H48ClFN6O5. The van der Waals surface area contributed by atoms with Gasteiger partial charge in [-0.15, -0.1) is 0 Å². The number of piperazine rings is 1. The van der Waals surface area contributed by atoms with Gasteiger partial charge in [0.2, 0.25) is 0 Å². The molecule has 4 fully saturated rings. The van der Waals surface area contributed by atoms with Crippen LogP contribution in [0.4, 0.5) is 20.7 Å². The van der Waals surface area contributed by atoms with Crippen molar-refractivity contribution in [1.82, 2.24) is 19.8 Å². The van der Waals surface area contributed by atoms with Crippen LogP contribution in [0.15, 0.2) is 24.3 Å². The maximum absolute atomic E-state index is 14.9. The van der Waals surface area contributed by atoms with E-state index in [0.29, 0.717) is 56.4 Å². The van der Waals surface area contributed by atoms with E-state index in [2.05, 4.69) is 14.7 Å². The van der Waals surface area contributed by atoms with Crippen LogP contribution >= 0.6 is 11.6 Å². The van der Waals surface area contributed by atoms with Gasteiger partial charge in [-0.1, -0.05) is 17.7 Å². The molecule has 0 N–H and O–H groups in total. The van der Waals surface area contributed by atoms with E-state index in [9.17, 15) is 9.18 Å². The number of fused-ring (bicyclic) bond motifs is 5. The Labute approximate surface area is 303 Å². The van der Waals surface area contributed by atoms with Crippen LogP contribution in [0.3, 0.4) is 0 Å². The Hall–Kier alpha value is -3.61. The Morgan fingerprint density at radius 1 is 1.02 bits per heavy atom. The Morgan fingerprint density at radius 3 is 2.47 bits per heavy atom. The molecular weight excluding hydrogens is 675 g/mol. The summed E-state index contributed by atoms with van der Waals surface area (Å²) < 4.78 is 38.3. The van der Waals surface area contributed by atoms with E-state index in [-0.39, 0.29) is 35.5 Å². The van der Waals surface area contributed by atoms with Crippen molar-refractivity contribution < 1.29 is 28.1 Å². The van der Waals surface area contributed by atoms with E-state index in [0.717, 1.165) is 66.9 Å². The summed E-state index contributed by atoms with van der Waals surface area (Å²) >= 11 is 6.65. The lowest BCUT2D eigenvalue weighted by Crippen LogP contribution is -2.57. The number of hydrogen-bond donors (Lipinski definition) is 0. The average molecular weight is 723 g/mol. The zero-order valence-corrected chi connectivity index (χ0v) is 30.8. The molecule has 3 aromatic rings. The molecule has 11 nitrogen and oxygen atoms in total. The first-order valence-corrected chi connectivity index (χ1v) is 18.7. The Bertz CT molecular complexity index is 1800. The van der Waals surface area contributed by atoms with Crippen molar-refractivity contribution in [3.05, 3.63) is 46.4 Å². The molecule has 2 bridgehead atoms. The number of methoxy groups -OCH3 is 1. The van der Waals surface area contributed by atoms with Gasteiger partial charge in [-0.05, 0) is 96.3 Å². The maximum Gasteiger partial charge on any atom is 0.410 e. The Balaban J connectivity index is 1.14. The van der Waals surface area contributed by atoms with Gasteiger partial charge in [0.1, 0.15) is 29.6 Å². The van der Waals surface area contributed by atoms with E-state index < -0.39 is 11.4 Å². The molecule has 0 aliphatic carbocycles.